The Labute approximate surface area is 119 Å². The van der Waals surface area contributed by atoms with Crippen molar-refractivity contribution in [1.82, 2.24) is 10.6 Å². The van der Waals surface area contributed by atoms with Gasteiger partial charge in [-0.2, -0.15) is 0 Å². The highest BCUT2D eigenvalue weighted by molar-refractivity contribution is 7.90. The Balaban J connectivity index is 2.54. The smallest absolute Gasteiger partial charge is 0.329 e. The molecule has 2 amide bonds. The van der Waals surface area contributed by atoms with Gasteiger partial charge in [-0.3, -0.25) is 0 Å². The molecule has 8 heteroatoms. The van der Waals surface area contributed by atoms with E-state index in [1.54, 1.807) is 0 Å². The SMILES string of the molecule is CC1CCC(NC(=O)NCCS(C)(=O)=O)(C(=O)O)CC1. The van der Waals surface area contributed by atoms with Gasteiger partial charge in [0.15, 0.2) is 0 Å². The van der Waals surface area contributed by atoms with E-state index in [9.17, 15) is 23.1 Å². The molecule has 0 aromatic heterocycles. The first-order valence-electron chi connectivity index (χ1n) is 6.62. The molecule has 1 rings (SSSR count). The summed E-state index contributed by atoms with van der Waals surface area (Å²) in [5, 5.41) is 14.2. The molecule has 0 aromatic rings. The van der Waals surface area contributed by atoms with Gasteiger partial charge in [0.2, 0.25) is 0 Å². The molecule has 1 saturated carbocycles. The van der Waals surface area contributed by atoms with Crippen LogP contribution in [0.5, 0.6) is 0 Å². The van der Waals surface area contributed by atoms with Crippen molar-refractivity contribution in [2.45, 2.75) is 38.1 Å². The molecule has 0 radical (unpaired) electrons. The standard InChI is InChI=1S/C12H22N2O5S/c1-9-3-5-12(6-4-9,10(15)16)14-11(17)13-7-8-20(2,18)19/h9H,3-8H2,1-2H3,(H,15,16)(H2,13,14,17). The van der Waals surface area contributed by atoms with Gasteiger partial charge in [0.1, 0.15) is 15.4 Å². The van der Waals surface area contributed by atoms with Gasteiger partial charge in [0, 0.05) is 12.8 Å². The van der Waals surface area contributed by atoms with E-state index in [-0.39, 0.29) is 12.3 Å². The highest BCUT2D eigenvalue weighted by Gasteiger charge is 2.42. The summed E-state index contributed by atoms with van der Waals surface area (Å²) in [6.07, 6.45) is 3.35. The van der Waals surface area contributed by atoms with Crippen LogP contribution in [0.1, 0.15) is 32.6 Å². The van der Waals surface area contributed by atoms with E-state index in [2.05, 4.69) is 17.6 Å². The molecular weight excluding hydrogens is 284 g/mol. The van der Waals surface area contributed by atoms with Gasteiger partial charge in [-0.15, -0.1) is 0 Å². The van der Waals surface area contributed by atoms with Crippen molar-refractivity contribution in [1.29, 1.82) is 0 Å². The summed E-state index contributed by atoms with van der Waals surface area (Å²) in [6, 6.07) is -0.634. The third-order valence-electron chi connectivity index (χ3n) is 3.65. The maximum absolute atomic E-state index is 11.7. The average molecular weight is 306 g/mol. The molecule has 1 fully saturated rings. The predicted molar refractivity (Wildman–Crippen MR) is 74.2 cm³/mol. The zero-order chi connectivity index (χ0) is 15.4. The van der Waals surface area contributed by atoms with Gasteiger partial charge in [-0.05, 0) is 31.6 Å². The highest BCUT2D eigenvalue weighted by atomic mass is 32.2. The molecule has 1 aliphatic rings. The summed E-state index contributed by atoms with van der Waals surface area (Å²) in [6.45, 7) is 2.02. The minimum atomic E-state index is -3.15. The molecular formula is C12H22N2O5S. The Hall–Kier alpha value is -1.31. The van der Waals surface area contributed by atoms with E-state index in [4.69, 9.17) is 0 Å². The molecule has 0 atom stereocenters. The average Bonchev–Trinajstić information content (AvgIpc) is 2.30. The summed E-state index contributed by atoms with van der Waals surface area (Å²) in [5.41, 5.74) is -1.23. The number of carbonyl (C=O) groups is 2. The number of nitrogens with one attached hydrogen (secondary N) is 2. The summed E-state index contributed by atoms with van der Waals surface area (Å²) < 4.78 is 21.9. The van der Waals surface area contributed by atoms with Crippen LogP contribution in [0.25, 0.3) is 0 Å². The van der Waals surface area contributed by atoms with Gasteiger partial charge < -0.3 is 15.7 Å². The molecule has 1 aliphatic carbocycles. The first-order chi connectivity index (χ1) is 9.15. The second-order valence-electron chi connectivity index (χ2n) is 5.58. The molecule has 0 saturated heterocycles. The lowest BCUT2D eigenvalue weighted by molar-refractivity contribution is -0.146. The van der Waals surface area contributed by atoms with Crippen molar-refractivity contribution < 1.29 is 23.1 Å². The fraction of sp³-hybridized carbons (Fsp3) is 0.833. The van der Waals surface area contributed by atoms with Crippen LogP contribution < -0.4 is 10.6 Å². The Bertz CT molecular complexity index is 466. The monoisotopic (exact) mass is 306 g/mol. The number of carboxylic acid groups (broad SMARTS) is 1. The van der Waals surface area contributed by atoms with Crippen LogP contribution in [0.3, 0.4) is 0 Å². The molecule has 0 heterocycles. The number of sulfone groups is 1. The quantitative estimate of drug-likeness (QED) is 0.679. The van der Waals surface area contributed by atoms with Gasteiger partial charge >= 0.3 is 12.0 Å². The fourth-order valence-corrected chi connectivity index (χ4v) is 2.73. The molecule has 0 bridgehead atoms. The number of carboxylic acids is 1. The molecule has 0 aromatic carbocycles. The van der Waals surface area contributed by atoms with Crippen LogP contribution in [-0.2, 0) is 14.6 Å². The van der Waals surface area contributed by atoms with Crippen LogP contribution >= 0.6 is 0 Å². The Morgan fingerprint density at radius 1 is 1.30 bits per heavy atom. The minimum Gasteiger partial charge on any atom is -0.480 e. The van der Waals surface area contributed by atoms with Crippen molar-refractivity contribution in [3.63, 3.8) is 0 Å². The first-order valence-corrected chi connectivity index (χ1v) is 8.68. The van der Waals surface area contributed by atoms with E-state index >= 15 is 0 Å². The second kappa shape index (κ2) is 6.43. The first kappa shape index (κ1) is 16.7. The van der Waals surface area contributed by atoms with Crippen LogP contribution in [-0.4, -0.2) is 49.6 Å². The Morgan fingerprint density at radius 2 is 1.85 bits per heavy atom. The maximum atomic E-state index is 11.7. The summed E-state index contributed by atoms with van der Waals surface area (Å²) in [4.78, 5) is 23.1. The summed E-state index contributed by atoms with van der Waals surface area (Å²) >= 11 is 0. The summed E-state index contributed by atoms with van der Waals surface area (Å²) in [5.74, 6) is -0.752. The number of urea groups is 1. The van der Waals surface area contributed by atoms with Crippen LogP contribution in [0, 0.1) is 5.92 Å². The van der Waals surface area contributed by atoms with E-state index in [1.165, 1.54) is 0 Å². The van der Waals surface area contributed by atoms with Gasteiger partial charge in [-0.1, -0.05) is 6.92 Å². The fourth-order valence-electron chi connectivity index (χ4n) is 2.26. The van der Waals surface area contributed by atoms with Crippen LogP contribution in [0.15, 0.2) is 0 Å². The lowest BCUT2D eigenvalue weighted by atomic mass is 9.77. The second-order valence-corrected chi connectivity index (χ2v) is 7.84. The third kappa shape index (κ3) is 4.99. The molecule has 3 N–H and O–H groups in total. The molecule has 0 unspecified atom stereocenters. The van der Waals surface area contributed by atoms with Crippen molar-refractivity contribution in [3.05, 3.63) is 0 Å². The van der Waals surface area contributed by atoms with Gasteiger partial charge in [0.25, 0.3) is 0 Å². The van der Waals surface area contributed by atoms with E-state index < -0.39 is 27.4 Å². The molecule has 116 valence electrons. The molecule has 7 nitrogen and oxygen atoms in total. The lowest BCUT2D eigenvalue weighted by Crippen LogP contribution is -2.58. The lowest BCUT2D eigenvalue weighted by Gasteiger charge is -2.36. The largest absolute Gasteiger partial charge is 0.480 e. The van der Waals surface area contributed by atoms with Crippen molar-refractivity contribution in [2.75, 3.05) is 18.6 Å². The highest BCUT2D eigenvalue weighted by Crippen LogP contribution is 2.32. The van der Waals surface area contributed by atoms with E-state index in [1.807, 2.05) is 0 Å². The Kier molecular flexibility index (Phi) is 5.38. The van der Waals surface area contributed by atoms with Crippen molar-refractivity contribution in [2.24, 2.45) is 5.92 Å². The topological polar surface area (TPSA) is 113 Å². The maximum Gasteiger partial charge on any atom is 0.329 e. The van der Waals surface area contributed by atoms with E-state index in [0.29, 0.717) is 18.8 Å². The zero-order valence-electron chi connectivity index (χ0n) is 11.8. The number of aliphatic carboxylic acids is 1. The van der Waals surface area contributed by atoms with Crippen LogP contribution in [0.4, 0.5) is 4.79 Å². The molecule has 20 heavy (non-hydrogen) atoms. The van der Waals surface area contributed by atoms with Crippen LogP contribution in [0.2, 0.25) is 0 Å². The zero-order valence-corrected chi connectivity index (χ0v) is 12.6. The number of amides is 2. The normalized spacial score (nSPS) is 26.8. The number of rotatable bonds is 5. The molecule has 0 spiro atoms. The third-order valence-corrected chi connectivity index (χ3v) is 4.59. The Morgan fingerprint density at radius 3 is 2.30 bits per heavy atom. The van der Waals surface area contributed by atoms with Gasteiger partial charge in [0.05, 0.1) is 5.75 Å². The molecule has 0 aliphatic heterocycles. The van der Waals surface area contributed by atoms with Crippen molar-refractivity contribution in [3.8, 4) is 0 Å². The van der Waals surface area contributed by atoms with Gasteiger partial charge in [-0.25, -0.2) is 18.0 Å². The number of hydrogen-bond donors (Lipinski definition) is 3. The number of hydrogen-bond acceptors (Lipinski definition) is 4. The predicted octanol–water partition coefficient (Wildman–Crippen LogP) is 0.364. The minimum absolute atomic E-state index is 0.0310. The number of carbonyl (C=O) groups excluding carboxylic acids is 1. The summed E-state index contributed by atoms with van der Waals surface area (Å²) in [7, 11) is -3.15. The van der Waals surface area contributed by atoms with E-state index in [0.717, 1.165) is 19.1 Å². The van der Waals surface area contributed by atoms with Crippen molar-refractivity contribution >= 4 is 21.8 Å².